The summed E-state index contributed by atoms with van der Waals surface area (Å²) in [5, 5.41) is 7.40. The Balaban J connectivity index is 2.05. The first kappa shape index (κ1) is 14.6. The van der Waals surface area contributed by atoms with Crippen molar-refractivity contribution in [1.29, 1.82) is 0 Å². The fourth-order valence-corrected chi connectivity index (χ4v) is 4.18. The molecule has 19 heavy (non-hydrogen) atoms. The van der Waals surface area contributed by atoms with E-state index in [-0.39, 0.29) is 11.4 Å². The standard InChI is InChI=1S/C10H10Br2N4O2S/c11-8-1-2-10(9(12)7-8)19(17,18)14-4-6-16-5-3-13-15-16/h1-3,5,7,14H,4,6H2. The zero-order chi connectivity index (χ0) is 13.9. The molecule has 0 aliphatic carbocycles. The lowest BCUT2D eigenvalue weighted by Crippen LogP contribution is -2.27. The van der Waals surface area contributed by atoms with Crippen molar-refractivity contribution in [1.82, 2.24) is 19.7 Å². The van der Waals surface area contributed by atoms with Crippen LogP contribution in [0.25, 0.3) is 0 Å². The second-order valence-electron chi connectivity index (χ2n) is 3.64. The molecule has 0 saturated carbocycles. The Morgan fingerprint density at radius 1 is 1.32 bits per heavy atom. The number of aromatic nitrogens is 3. The van der Waals surface area contributed by atoms with Gasteiger partial charge in [0, 0.05) is 21.7 Å². The van der Waals surface area contributed by atoms with Crippen LogP contribution >= 0.6 is 31.9 Å². The average Bonchev–Trinajstić information content (AvgIpc) is 2.81. The van der Waals surface area contributed by atoms with Crippen LogP contribution in [0.2, 0.25) is 0 Å². The summed E-state index contributed by atoms with van der Waals surface area (Å²) in [5.41, 5.74) is 0. The third kappa shape index (κ3) is 3.85. The second kappa shape index (κ2) is 6.12. The van der Waals surface area contributed by atoms with E-state index in [0.717, 1.165) is 4.47 Å². The Labute approximate surface area is 127 Å². The summed E-state index contributed by atoms with van der Waals surface area (Å²) in [6.45, 7) is 0.668. The van der Waals surface area contributed by atoms with E-state index < -0.39 is 10.0 Å². The fourth-order valence-electron chi connectivity index (χ4n) is 1.42. The van der Waals surface area contributed by atoms with Crippen molar-refractivity contribution < 1.29 is 8.42 Å². The zero-order valence-electron chi connectivity index (χ0n) is 9.62. The van der Waals surface area contributed by atoms with Crippen LogP contribution in [0.5, 0.6) is 0 Å². The van der Waals surface area contributed by atoms with Crippen molar-refractivity contribution in [2.45, 2.75) is 11.4 Å². The molecule has 0 radical (unpaired) electrons. The van der Waals surface area contributed by atoms with Gasteiger partial charge in [0.05, 0.1) is 17.6 Å². The minimum atomic E-state index is -3.54. The Morgan fingerprint density at radius 2 is 2.11 bits per heavy atom. The van der Waals surface area contributed by atoms with Crippen molar-refractivity contribution in [2.24, 2.45) is 0 Å². The lowest BCUT2D eigenvalue weighted by atomic mass is 10.4. The van der Waals surface area contributed by atoms with E-state index in [9.17, 15) is 8.42 Å². The highest BCUT2D eigenvalue weighted by Gasteiger charge is 2.17. The summed E-state index contributed by atoms with van der Waals surface area (Å²) in [7, 11) is -3.54. The number of rotatable bonds is 5. The molecule has 1 aromatic heterocycles. The van der Waals surface area contributed by atoms with Crippen LogP contribution in [0.15, 0.2) is 44.4 Å². The van der Waals surface area contributed by atoms with E-state index in [2.05, 4.69) is 46.9 Å². The molecule has 1 N–H and O–H groups in total. The Kier molecular flexibility index (Phi) is 4.71. The smallest absolute Gasteiger partial charge is 0.241 e. The normalized spacial score (nSPS) is 11.7. The fraction of sp³-hybridized carbons (Fsp3) is 0.200. The number of nitrogens with zero attached hydrogens (tertiary/aromatic N) is 3. The maximum Gasteiger partial charge on any atom is 0.241 e. The predicted molar refractivity (Wildman–Crippen MR) is 77.1 cm³/mol. The van der Waals surface area contributed by atoms with Gasteiger partial charge in [-0.05, 0) is 34.1 Å². The predicted octanol–water partition coefficient (Wildman–Crippen LogP) is 1.78. The first-order valence-electron chi connectivity index (χ1n) is 5.28. The lowest BCUT2D eigenvalue weighted by Gasteiger charge is -2.08. The number of hydrogen-bond acceptors (Lipinski definition) is 4. The van der Waals surface area contributed by atoms with Crippen molar-refractivity contribution in [2.75, 3.05) is 6.54 Å². The summed E-state index contributed by atoms with van der Waals surface area (Å²) in [6, 6.07) is 4.90. The van der Waals surface area contributed by atoms with E-state index in [1.54, 1.807) is 29.2 Å². The van der Waals surface area contributed by atoms with Gasteiger partial charge in [-0.3, -0.25) is 4.68 Å². The monoisotopic (exact) mass is 408 g/mol. The molecule has 0 spiro atoms. The van der Waals surface area contributed by atoms with Gasteiger partial charge < -0.3 is 0 Å². The van der Waals surface area contributed by atoms with Crippen molar-refractivity contribution in [3.8, 4) is 0 Å². The molecule has 9 heteroatoms. The number of nitrogens with one attached hydrogen (secondary N) is 1. The second-order valence-corrected chi connectivity index (χ2v) is 7.14. The van der Waals surface area contributed by atoms with E-state index in [1.165, 1.54) is 6.07 Å². The van der Waals surface area contributed by atoms with Gasteiger partial charge in [-0.1, -0.05) is 21.1 Å². The highest BCUT2D eigenvalue weighted by Crippen LogP contribution is 2.25. The van der Waals surface area contributed by atoms with E-state index in [1.807, 2.05) is 0 Å². The van der Waals surface area contributed by atoms with Gasteiger partial charge in [0.15, 0.2) is 0 Å². The van der Waals surface area contributed by atoms with Gasteiger partial charge in [-0.2, -0.15) is 0 Å². The van der Waals surface area contributed by atoms with Crippen LogP contribution in [-0.4, -0.2) is 30.0 Å². The van der Waals surface area contributed by atoms with Crippen molar-refractivity contribution in [3.63, 3.8) is 0 Å². The maximum atomic E-state index is 12.1. The first-order valence-corrected chi connectivity index (χ1v) is 8.35. The molecular formula is C10H10Br2N4O2S. The van der Waals surface area contributed by atoms with Gasteiger partial charge in [0.2, 0.25) is 10.0 Å². The van der Waals surface area contributed by atoms with Crippen LogP contribution in [-0.2, 0) is 16.6 Å². The van der Waals surface area contributed by atoms with E-state index in [0.29, 0.717) is 11.0 Å². The minimum Gasteiger partial charge on any atom is -0.251 e. The Bertz CT molecular complexity index is 658. The van der Waals surface area contributed by atoms with Crippen LogP contribution in [0.4, 0.5) is 0 Å². The van der Waals surface area contributed by atoms with Crippen LogP contribution in [0.3, 0.4) is 0 Å². The molecule has 0 bridgehead atoms. The summed E-state index contributed by atoms with van der Waals surface area (Å²) < 4.78 is 29.6. The molecule has 0 atom stereocenters. The number of hydrogen-bond donors (Lipinski definition) is 1. The molecule has 102 valence electrons. The van der Waals surface area contributed by atoms with Gasteiger partial charge >= 0.3 is 0 Å². The van der Waals surface area contributed by atoms with E-state index >= 15 is 0 Å². The Hall–Kier alpha value is -0.770. The largest absolute Gasteiger partial charge is 0.251 e. The molecular weight excluding hydrogens is 400 g/mol. The van der Waals surface area contributed by atoms with E-state index in [4.69, 9.17) is 0 Å². The van der Waals surface area contributed by atoms with Crippen LogP contribution < -0.4 is 4.72 Å². The van der Waals surface area contributed by atoms with Gasteiger partial charge in [0.25, 0.3) is 0 Å². The van der Waals surface area contributed by atoms with Crippen LogP contribution in [0.1, 0.15) is 0 Å². The maximum absolute atomic E-state index is 12.1. The highest BCUT2D eigenvalue weighted by molar-refractivity contribution is 9.11. The topological polar surface area (TPSA) is 76.9 Å². The molecule has 0 aliphatic rings. The molecule has 1 aromatic carbocycles. The third-order valence-electron chi connectivity index (χ3n) is 2.29. The molecule has 0 unspecified atom stereocenters. The zero-order valence-corrected chi connectivity index (χ0v) is 13.6. The highest BCUT2D eigenvalue weighted by atomic mass is 79.9. The van der Waals surface area contributed by atoms with Crippen LogP contribution in [0, 0.1) is 0 Å². The van der Waals surface area contributed by atoms with Crippen molar-refractivity contribution >= 4 is 41.9 Å². The molecule has 0 fully saturated rings. The van der Waals surface area contributed by atoms with Gasteiger partial charge in [-0.15, -0.1) is 5.10 Å². The van der Waals surface area contributed by atoms with Gasteiger partial charge in [-0.25, -0.2) is 13.1 Å². The molecule has 2 aromatic rings. The molecule has 2 rings (SSSR count). The molecule has 6 nitrogen and oxygen atoms in total. The molecule has 0 amide bonds. The SMILES string of the molecule is O=S(=O)(NCCn1ccnn1)c1ccc(Br)cc1Br. The van der Waals surface area contributed by atoms with Gasteiger partial charge in [0.1, 0.15) is 0 Å². The number of halogens is 2. The summed E-state index contributed by atoms with van der Waals surface area (Å²) in [6.07, 6.45) is 3.21. The van der Waals surface area contributed by atoms with Crippen molar-refractivity contribution in [3.05, 3.63) is 39.5 Å². The number of benzene rings is 1. The molecule has 0 aliphatic heterocycles. The third-order valence-corrected chi connectivity index (χ3v) is 5.22. The Morgan fingerprint density at radius 3 is 2.74 bits per heavy atom. The summed E-state index contributed by atoms with van der Waals surface area (Å²) in [5.74, 6) is 0. The number of sulfonamides is 1. The summed E-state index contributed by atoms with van der Waals surface area (Å²) in [4.78, 5) is 0.203. The quantitative estimate of drug-likeness (QED) is 0.816. The summed E-state index contributed by atoms with van der Waals surface area (Å²) >= 11 is 6.51. The molecule has 0 saturated heterocycles. The lowest BCUT2D eigenvalue weighted by molar-refractivity contribution is 0.552. The average molecular weight is 410 g/mol. The minimum absolute atomic E-state index is 0.203. The molecule has 1 heterocycles. The first-order chi connectivity index (χ1) is 8.99.